The molecule has 2 aliphatic rings. The summed E-state index contributed by atoms with van der Waals surface area (Å²) < 4.78 is 1.76. The van der Waals surface area contributed by atoms with Crippen molar-refractivity contribution in [3.05, 3.63) is 76.3 Å². The summed E-state index contributed by atoms with van der Waals surface area (Å²) in [5.74, 6) is 1.34. The van der Waals surface area contributed by atoms with Crippen molar-refractivity contribution in [3.63, 3.8) is 0 Å². The first kappa shape index (κ1) is 18.6. The lowest BCUT2D eigenvalue weighted by Gasteiger charge is -2.28. The van der Waals surface area contributed by atoms with E-state index >= 15 is 0 Å². The monoisotopic (exact) mass is 431 g/mol. The van der Waals surface area contributed by atoms with Gasteiger partial charge in [-0.25, -0.2) is 9.67 Å². The highest BCUT2D eigenvalue weighted by atomic mass is 35.5. The number of carbonyl (C=O) groups excluding carboxylic acids is 1. The number of imidazole rings is 1. The van der Waals surface area contributed by atoms with Crippen molar-refractivity contribution in [1.82, 2.24) is 24.6 Å². The second-order valence-corrected chi connectivity index (χ2v) is 9.10. The van der Waals surface area contributed by atoms with E-state index in [4.69, 9.17) is 16.6 Å². The average Bonchev–Trinajstić information content (AvgIpc) is 3.20. The van der Waals surface area contributed by atoms with Crippen molar-refractivity contribution in [3.8, 4) is 5.69 Å². The summed E-state index contributed by atoms with van der Waals surface area (Å²) in [6.07, 6.45) is 5.52. The largest absolute Gasteiger partial charge is 0.340 e. The zero-order valence-corrected chi connectivity index (χ0v) is 18.1. The van der Waals surface area contributed by atoms with Crippen LogP contribution in [0.2, 0.25) is 5.02 Å². The van der Waals surface area contributed by atoms with Gasteiger partial charge in [0.25, 0.3) is 5.91 Å². The number of fused-ring (bicyclic) bond motifs is 2. The van der Waals surface area contributed by atoms with Gasteiger partial charge in [-0.1, -0.05) is 23.2 Å². The number of aromatic amines is 1. The summed E-state index contributed by atoms with van der Waals surface area (Å²) in [4.78, 5) is 24.3. The first-order chi connectivity index (χ1) is 15.0. The maximum absolute atomic E-state index is 13.9. The lowest BCUT2D eigenvalue weighted by molar-refractivity contribution is 0.0680. The molecule has 1 N–H and O–H groups in total. The van der Waals surface area contributed by atoms with Gasteiger partial charge in [-0.3, -0.25) is 4.79 Å². The van der Waals surface area contributed by atoms with Crippen LogP contribution in [0.25, 0.3) is 16.7 Å². The summed E-state index contributed by atoms with van der Waals surface area (Å²) in [5, 5.41) is 5.06. The summed E-state index contributed by atoms with van der Waals surface area (Å²) >= 11 is 6.32. The van der Waals surface area contributed by atoms with Gasteiger partial charge in [0, 0.05) is 24.0 Å². The molecule has 6 nitrogen and oxygen atoms in total. The molecule has 0 bridgehead atoms. The number of amides is 1. The second kappa shape index (κ2) is 6.44. The molecule has 1 saturated heterocycles. The number of H-pyrrole nitrogens is 1. The van der Waals surface area contributed by atoms with E-state index in [-0.39, 0.29) is 11.4 Å². The Kier molecular flexibility index (Phi) is 3.87. The fourth-order valence-electron chi connectivity index (χ4n) is 5.14. The predicted octanol–water partition coefficient (Wildman–Crippen LogP) is 4.78. The summed E-state index contributed by atoms with van der Waals surface area (Å²) in [7, 11) is 0. The molecular formula is C24H22ClN5O. The molecule has 0 unspecified atom stereocenters. The number of aryl methyl sites for hydroxylation is 2. The van der Waals surface area contributed by atoms with E-state index in [9.17, 15) is 4.79 Å². The van der Waals surface area contributed by atoms with E-state index in [2.05, 4.69) is 10.1 Å². The highest BCUT2D eigenvalue weighted by Crippen LogP contribution is 2.62. The number of hydrogen-bond acceptors (Lipinski definition) is 3. The lowest BCUT2D eigenvalue weighted by atomic mass is 10.1. The molecule has 2 aromatic heterocycles. The minimum atomic E-state index is -0.361. The number of hydrogen-bond donors (Lipinski definition) is 1. The molecule has 1 aliphatic carbocycles. The van der Waals surface area contributed by atoms with E-state index < -0.39 is 0 Å². The number of likely N-dealkylation sites (tertiary alicyclic amines) is 1. The number of carbonyl (C=O) groups is 1. The van der Waals surface area contributed by atoms with Crippen molar-refractivity contribution in [2.45, 2.75) is 32.2 Å². The molecule has 1 saturated carbocycles. The maximum atomic E-state index is 13.9. The summed E-state index contributed by atoms with van der Waals surface area (Å²) in [6, 6.07) is 11.7. The van der Waals surface area contributed by atoms with Crippen molar-refractivity contribution in [1.29, 1.82) is 0 Å². The van der Waals surface area contributed by atoms with Gasteiger partial charge in [-0.15, -0.1) is 0 Å². The van der Waals surface area contributed by atoms with Gasteiger partial charge >= 0.3 is 0 Å². The van der Waals surface area contributed by atoms with Gasteiger partial charge in [0.05, 0.1) is 22.3 Å². The molecule has 0 spiro atoms. The third-order valence-electron chi connectivity index (χ3n) is 6.89. The Labute approximate surface area is 184 Å². The zero-order valence-electron chi connectivity index (χ0n) is 17.4. The molecule has 31 heavy (non-hydrogen) atoms. The van der Waals surface area contributed by atoms with E-state index in [1.807, 2.05) is 61.3 Å². The first-order valence-corrected chi connectivity index (χ1v) is 10.9. The number of piperidine rings is 1. The van der Waals surface area contributed by atoms with Crippen LogP contribution in [0.4, 0.5) is 0 Å². The normalized spacial score (nSPS) is 22.2. The summed E-state index contributed by atoms with van der Waals surface area (Å²) in [6.45, 7) is 4.72. The van der Waals surface area contributed by atoms with Gasteiger partial charge < -0.3 is 9.88 Å². The third-order valence-corrected chi connectivity index (χ3v) is 7.30. The van der Waals surface area contributed by atoms with E-state index in [0.717, 1.165) is 53.1 Å². The molecule has 1 aliphatic heterocycles. The van der Waals surface area contributed by atoms with Crippen LogP contribution in [-0.4, -0.2) is 37.1 Å². The highest BCUT2D eigenvalue weighted by molar-refractivity contribution is 6.32. The topological polar surface area (TPSA) is 66.8 Å². The van der Waals surface area contributed by atoms with Gasteiger partial charge in [-0.2, -0.15) is 5.10 Å². The SMILES string of the molecule is Cc1ccc(-n2cccn2)c(C(=O)N2CC[C@@H]3C[C@@]32c2nc3c(C)c(Cl)ccc3[nH]2)c1. The minimum Gasteiger partial charge on any atom is -0.340 e. The Hall–Kier alpha value is -3.12. The standard InChI is InChI=1S/C24H22ClN5O/c1-14-4-7-20(30-10-3-9-26-30)17(12-14)22(31)29-11-8-16-13-24(16,29)23-27-19-6-5-18(25)15(2)21(19)28-23/h3-7,9-10,12,16H,8,11,13H2,1-2H3,(H,27,28)/t16-,24+/m1/s1. The smallest absolute Gasteiger partial charge is 0.256 e. The van der Waals surface area contributed by atoms with Crippen LogP contribution in [0.1, 0.15) is 40.2 Å². The Morgan fingerprint density at radius 2 is 2.13 bits per heavy atom. The number of benzene rings is 2. The maximum Gasteiger partial charge on any atom is 0.256 e. The van der Waals surface area contributed by atoms with E-state index in [1.54, 1.807) is 10.9 Å². The predicted molar refractivity (Wildman–Crippen MR) is 120 cm³/mol. The van der Waals surface area contributed by atoms with Gasteiger partial charge in [0.1, 0.15) is 11.4 Å². The molecule has 1 amide bonds. The first-order valence-electron chi connectivity index (χ1n) is 10.6. The quantitative estimate of drug-likeness (QED) is 0.507. The number of aromatic nitrogens is 4. The Morgan fingerprint density at radius 3 is 2.90 bits per heavy atom. The number of halogens is 1. The van der Waals surface area contributed by atoms with Crippen molar-refractivity contribution in [2.24, 2.45) is 5.92 Å². The molecule has 2 atom stereocenters. The number of rotatable bonds is 3. The van der Waals surface area contributed by atoms with Gasteiger partial charge in [0.15, 0.2) is 0 Å². The molecule has 6 rings (SSSR count). The fraction of sp³-hybridized carbons (Fsp3) is 0.292. The third kappa shape index (κ3) is 2.61. The average molecular weight is 432 g/mol. The lowest BCUT2D eigenvalue weighted by Crippen LogP contribution is -2.39. The van der Waals surface area contributed by atoms with Crippen LogP contribution in [0.15, 0.2) is 48.8 Å². The van der Waals surface area contributed by atoms with Crippen molar-refractivity contribution >= 4 is 28.5 Å². The van der Waals surface area contributed by atoms with Crippen LogP contribution in [-0.2, 0) is 5.54 Å². The molecule has 2 aromatic carbocycles. The molecular weight excluding hydrogens is 410 g/mol. The molecule has 3 heterocycles. The highest BCUT2D eigenvalue weighted by Gasteiger charge is 2.66. The molecule has 156 valence electrons. The second-order valence-electron chi connectivity index (χ2n) is 8.70. The Balaban J connectivity index is 1.45. The summed E-state index contributed by atoms with van der Waals surface area (Å²) in [5.41, 5.74) is 4.97. The molecule has 0 radical (unpaired) electrons. The number of nitrogens with one attached hydrogen (secondary N) is 1. The minimum absolute atomic E-state index is 0.0319. The van der Waals surface area contributed by atoms with Crippen LogP contribution in [0, 0.1) is 19.8 Å². The van der Waals surface area contributed by atoms with Gasteiger partial charge in [-0.05, 0) is 68.5 Å². The van der Waals surface area contributed by atoms with E-state index in [1.165, 1.54) is 0 Å². The van der Waals surface area contributed by atoms with Crippen molar-refractivity contribution in [2.75, 3.05) is 6.54 Å². The van der Waals surface area contributed by atoms with Crippen LogP contribution in [0.3, 0.4) is 0 Å². The van der Waals surface area contributed by atoms with Crippen LogP contribution in [0.5, 0.6) is 0 Å². The molecule has 2 fully saturated rings. The van der Waals surface area contributed by atoms with E-state index in [0.29, 0.717) is 16.5 Å². The van der Waals surface area contributed by atoms with Crippen LogP contribution < -0.4 is 0 Å². The molecule has 4 aromatic rings. The number of nitrogens with zero attached hydrogens (tertiary/aromatic N) is 4. The zero-order chi connectivity index (χ0) is 21.3. The van der Waals surface area contributed by atoms with Crippen LogP contribution >= 0.6 is 11.6 Å². The Bertz CT molecular complexity index is 1340. The fourth-order valence-corrected chi connectivity index (χ4v) is 5.30. The van der Waals surface area contributed by atoms with Crippen molar-refractivity contribution < 1.29 is 4.79 Å². The van der Waals surface area contributed by atoms with Gasteiger partial charge in [0.2, 0.25) is 0 Å². The molecule has 7 heteroatoms. The Morgan fingerprint density at radius 1 is 1.26 bits per heavy atom.